The van der Waals surface area contributed by atoms with E-state index in [2.05, 4.69) is 15.6 Å². The molecule has 1 fully saturated rings. The fourth-order valence-electron chi connectivity index (χ4n) is 3.71. The molecule has 0 aliphatic heterocycles. The van der Waals surface area contributed by atoms with Crippen molar-refractivity contribution in [2.24, 2.45) is 5.73 Å². The van der Waals surface area contributed by atoms with Gasteiger partial charge in [-0.2, -0.15) is 0 Å². The van der Waals surface area contributed by atoms with Crippen molar-refractivity contribution < 1.29 is 9.59 Å². The first kappa shape index (κ1) is 16.5. The Hall–Kier alpha value is -2.31. The molecular weight excluding hydrogens is 308 g/mol. The Morgan fingerprint density at radius 3 is 2.54 bits per heavy atom. The van der Waals surface area contributed by atoms with Crippen LogP contribution in [0.3, 0.4) is 0 Å². The topological polar surface area (TPSA) is 117 Å². The highest BCUT2D eigenvalue weighted by Crippen LogP contribution is 2.28. The van der Waals surface area contributed by atoms with Gasteiger partial charge in [0.05, 0.1) is 6.04 Å². The van der Waals surface area contributed by atoms with Crippen molar-refractivity contribution in [3.05, 3.63) is 33.2 Å². The lowest BCUT2D eigenvalue weighted by Gasteiger charge is -2.28. The molecule has 3 amide bonds. The van der Waals surface area contributed by atoms with Crippen molar-refractivity contribution in [3.8, 4) is 0 Å². The molecule has 0 aromatic carbocycles. The van der Waals surface area contributed by atoms with Crippen LogP contribution in [0.5, 0.6) is 0 Å². The van der Waals surface area contributed by atoms with Gasteiger partial charge in [0.1, 0.15) is 5.56 Å². The number of nitrogens with one attached hydrogen (secondary N) is 3. The number of hydrogen-bond donors (Lipinski definition) is 4. The van der Waals surface area contributed by atoms with Crippen LogP contribution in [-0.2, 0) is 6.42 Å². The third-order valence-electron chi connectivity index (χ3n) is 4.96. The number of carbonyl (C=O) groups excluding carboxylic acids is 2. The van der Waals surface area contributed by atoms with Crippen LogP contribution in [0.15, 0.2) is 10.9 Å². The van der Waals surface area contributed by atoms with Crippen molar-refractivity contribution in [1.29, 1.82) is 0 Å². The van der Waals surface area contributed by atoms with Crippen molar-refractivity contribution in [1.82, 2.24) is 15.6 Å². The lowest BCUT2D eigenvalue weighted by atomic mass is 9.90. The van der Waals surface area contributed by atoms with Crippen LogP contribution in [0.1, 0.15) is 72.6 Å². The number of aryl methyl sites for hydroxylation is 1. The lowest BCUT2D eigenvalue weighted by molar-refractivity contribution is 0.0998. The molecule has 0 bridgehead atoms. The Bertz CT molecular complexity index is 692. The van der Waals surface area contributed by atoms with E-state index >= 15 is 0 Å². The minimum atomic E-state index is -0.755. The Morgan fingerprint density at radius 2 is 1.83 bits per heavy atom. The van der Waals surface area contributed by atoms with Crippen LogP contribution in [0.4, 0.5) is 4.79 Å². The summed E-state index contributed by atoms with van der Waals surface area (Å²) in [5.41, 5.74) is 6.30. The number of rotatable bonds is 3. The number of carbonyl (C=O) groups is 2. The number of aromatic amines is 1. The number of pyridine rings is 1. The van der Waals surface area contributed by atoms with Gasteiger partial charge in [-0.05, 0) is 43.7 Å². The number of fused-ring (bicyclic) bond motifs is 1. The van der Waals surface area contributed by atoms with Gasteiger partial charge in [-0.3, -0.25) is 9.59 Å². The smallest absolute Gasteiger partial charge is 0.315 e. The molecule has 24 heavy (non-hydrogen) atoms. The molecule has 1 atom stereocenters. The second kappa shape index (κ2) is 7.07. The maximum Gasteiger partial charge on any atom is 0.315 e. The molecule has 0 spiro atoms. The molecule has 130 valence electrons. The minimum absolute atomic E-state index is 0.0601. The summed E-state index contributed by atoms with van der Waals surface area (Å²) in [6, 6.07) is 1.36. The molecule has 2 aliphatic carbocycles. The van der Waals surface area contributed by atoms with E-state index in [0.717, 1.165) is 56.2 Å². The Kier molecular flexibility index (Phi) is 4.87. The van der Waals surface area contributed by atoms with E-state index < -0.39 is 11.5 Å². The van der Waals surface area contributed by atoms with Crippen LogP contribution in [-0.4, -0.2) is 23.0 Å². The van der Waals surface area contributed by atoms with Gasteiger partial charge < -0.3 is 21.4 Å². The van der Waals surface area contributed by atoms with Gasteiger partial charge in [0.15, 0.2) is 0 Å². The van der Waals surface area contributed by atoms with Gasteiger partial charge in [0, 0.05) is 11.7 Å². The molecular formula is C17H24N4O3. The van der Waals surface area contributed by atoms with Gasteiger partial charge >= 0.3 is 6.03 Å². The molecule has 1 saturated carbocycles. The van der Waals surface area contributed by atoms with E-state index in [1.54, 1.807) is 0 Å². The largest absolute Gasteiger partial charge is 0.365 e. The van der Waals surface area contributed by atoms with Crippen molar-refractivity contribution in [2.75, 3.05) is 0 Å². The molecule has 7 nitrogen and oxygen atoms in total. The molecule has 2 aliphatic rings. The molecule has 3 rings (SSSR count). The van der Waals surface area contributed by atoms with E-state index in [4.69, 9.17) is 5.73 Å². The number of primary amides is 1. The minimum Gasteiger partial charge on any atom is -0.365 e. The summed E-state index contributed by atoms with van der Waals surface area (Å²) in [6.07, 6.45) is 7.95. The van der Waals surface area contributed by atoms with Gasteiger partial charge in [-0.1, -0.05) is 19.3 Å². The number of aromatic nitrogens is 1. The first-order valence-electron chi connectivity index (χ1n) is 8.67. The third kappa shape index (κ3) is 3.60. The highest BCUT2D eigenvalue weighted by Gasteiger charge is 2.25. The average molecular weight is 332 g/mol. The molecule has 1 aromatic rings. The zero-order chi connectivity index (χ0) is 17.1. The van der Waals surface area contributed by atoms with Gasteiger partial charge in [-0.15, -0.1) is 0 Å². The van der Waals surface area contributed by atoms with E-state index in [1.165, 1.54) is 12.5 Å². The van der Waals surface area contributed by atoms with Crippen LogP contribution >= 0.6 is 0 Å². The summed E-state index contributed by atoms with van der Waals surface area (Å²) in [7, 11) is 0. The fourth-order valence-corrected chi connectivity index (χ4v) is 3.71. The molecule has 5 N–H and O–H groups in total. The second-order valence-corrected chi connectivity index (χ2v) is 6.71. The number of urea groups is 1. The fraction of sp³-hybridized carbons (Fsp3) is 0.588. The van der Waals surface area contributed by atoms with Crippen LogP contribution in [0.2, 0.25) is 0 Å². The van der Waals surface area contributed by atoms with E-state index in [9.17, 15) is 14.4 Å². The zero-order valence-electron chi connectivity index (χ0n) is 13.7. The molecule has 0 saturated heterocycles. The predicted octanol–water partition coefficient (Wildman–Crippen LogP) is 1.48. The van der Waals surface area contributed by atoms with E-state index in [-0.39, 0.29) is 23.7 Å². The average Bonchev–Trinajstić information content (AvgIpc) is 2.55. The number of hydrogen-bond acceptors (Lipinski definition) is 3. The summed E-state index contributed by atoms with van der Waals surface area (Å²) in [6.45, 7) is 0. The molecule has 1 heterocycles. The second-order valence-electron chi connectivity index (χ2n) is 6.71. The quantitative estimate of drug-likeness (QED) is 0.671. The van der Waals surface area contributed by atoms with Crippen LogP contribution in [0, 0.1) is 0 Å². The Balaban J connectivity index is 1.73. The summed E-state index contributed by atoms with van der Waals surface area (Å²) in [5, 5.41) is 6.02. The molecule has 7 heteroatoms. The van der Waals surface area contributed by atoms with Gasteiger partial charge in [0.2, 0.25) is 0 Å². The normalized spacial score (nSPS) is 20.9. The van der Waals surface area contributed by atoms with E-state index in [1.807, 2.05) is 0 Å². The summed E-state index contributed by atoms with van der Waals surface area (Å²) >= 11 is 0. The van der Waals surface area contributed by atoms with Crippen molar-refractivity contribution in [2.45, 2.75) is 63.5 Å². The Labute approximate surface area is 140 Å². The van der Waals surface area contributed by atoms with Crippen molar-refractivity contribution in [3.63, 3.8) is 0 Å². The maximum absolute atomic E-state index is 12.3. The summed E-state index contributed by atoms with van der Waals surface area (Å²) in [4.78, 5) is 38.3. The van der Waals surface area contributed by atoms with Crippen LogP contribution < -0.4 is 21.9 Å². The first-order chi connectivity index (χ1) is 11.5. The standard InChI is InChI=1S/C17H24N4O3/c18-15(22)12-9-11-13(20-16(12)23)7-4-8-14(11)21-17(24)19-10-5-2-1-3-6-10/h9-10,14H,1-8H2,(H2,18,22)(H,20,23)(H2,19,21,24). The lowest BCUT2D eigenvalue weighted by Crippen LogP contribution is -2.45. The van der Waals surface area contributed by atoms with E-state index in [0.29, 0.717) is 0 Å². The Morgan fingerprint density at radius 1 is 1.08 bits per heavy atom. The number of H-pyrrole nitrogens is 1. The number of amides is 3. The molecule has 1 unspecified atom stereocenters. The monoisotopic (exact) mass is 332 g/mol. The SMILES string of the molecule is NC(=O)c1cc2c([nH]c1=O)CCCC2NC(=O)NC1CCCCC1. The predicted molar refractivity (Wildman–Crippen MR) is 89.8 cm³/mol. The summed E-state index contributed by atoms with van der Waals surface area (Å²) in [5.74, 6) is -0.755. The summed E-state index contributed by atoms with van der Waals surface area (Å²) < 4.78 is 0. The maximum atomic E-state index is 12.3. The zero-order valence-corrected chi connectivity index (χ0v) is 13.7. The highest BCUT2D eigenvalue weighted by molar-refractivity contribution is 5.92. The van der Waals surface area contributed by atoms with Crippen LogP contribution in [0.25, 0.3) is 0 Å². The molecule has 0 radical (unpaired) electrons. The van der Waals surface area contributed by atoms with Gasteiger partial charge in [-0.25, -0.2) is 4.79 Å². The number of nitrogens with two attached hydrogens (primary N) is 1. The molecule has 1 aromatic heterocycles. The highest BCUT2D eigenvalue weighted by atomic mass is 16.2. The van der Waals surface area contributed by atoms with Gasteiger partial charge in [0.25, 0.3) is 11.5 Å². The third-order valence-corrected chi connectivity index (χ3v) is 4.96. The first-order valence-corrected chi connectivity index (χ1v) is 8.67. The van der Waals surface area contributed by atoms with Crippen molar-refractivity contribution >= 4 is 11.9 Å².